The van der Waals surface area contributed by atoms with Crippen molar-refractivity contribution in [1.82, 2.24) is 0 Å². The van der Waals surface area contributed by atoms with Gasteiger partial charge < -0.3 is 29.5 Å². The van der Waals surface area contributed by atoms with Crippen molar-refractivity contribution in [1.29, 1.82) is 0 Å². The highest BCUT2D eigenvalue weighted by atomic mass is 16.5. The van der Waals surface area contributed by atoms with Gasteiger partial charge in [-0.3, -0.25) is 4.79 Å². The van der Waals surface area contributed by atoms with Crippen LogP contribution in [0.2, 0.25) is 0 Å². The van der Waals surface area contributed by atoms with E-state index >= 15 is 0 Å². The van der Waals surface area contributed by atoms with Crippen molar-refractivity contribution in [2.24, 2.45) is 0 Å². The molecule has 0 aliphatic rings. The van der Waals surface area contributed by atoms with Gasteiger partial charge in [-0.2, -0.15) is 0 Å². The Labute approximate surface area is 185 Å². The van der Waals surface area contributed by atoms with Crippen LogP contribution < -0.4 is 9.47 Å². The van der Waals surface area contributed by atoms with Gasteiger partial charge in [0, 0.05) is 0 Å². The lowest BCUT2D eigenvalue weighted by Crippen LogP contribution is -2.16. The van der Waals surface area contributed by atoms with E-state index in [0.29, 0.717) is 11.1 Å². The molecule has 0 spiro atoms. The Morgan fingerprint density at radius 1 is 0.875 bits per heavy atom. The largest absolute Gasteiger partial charge is 0.507 e. The number of rotatable bonds is 9. The zero-order valence-corrected chi connectivity index (χ0v) is 17.9. The number of hydrogen-bond donors (Lipinski definition) is 3. The van der Waals surface area contributed by atoms with Gasteiger partial charge in [0.1, 0.15) is 11.3 Å². The number of methoxy groups -OCH3 is 2. The van der Waals surface area contributed by atoms with Crippen LogP contribution in [0.3, 0.4) is 0 Å². The fourth-order valence-electron chi connectivity index (χ4n) is 2.64. The lowest BCUT2D eigenvalue weighted by molar-refractivity contribution is -0.139. The SMILES string of the molecule is CCOC(=O)C(C(=O)/C=C/c1ccc(O)c(OC)c1)=C(O)/C=C/c1ccc(O)c(OC)c1. The van der Waals surface area contributed by atoms with E-state index in [1.54, 1.807) is 19.1 Å². The molecule has 0 bridgehead atoms. The third-order valence-corrected chi connectivity index (χ3v) is 4.25. The maximum atomic E-state index is 12.7. The molecule has 8 nitrogen and oxygen atoms in total. The Morgan fingerprint density at radius 3 is 1.84 bits per heavy atom. The molecular weight excluding hydrogens is 416 g/mol. The molecule has 168 valence electrons. The van der Waals surface area contributed by atoms with E-state index in [4.69, 9.17) is 14.2 Å². The Balaban J connectivity index is 2.36. The minimum atomic E-state index is -0.976. The van der Waals surface area contributed by atoms with Gasteiger partial charge in [-0.1, -0.05) is 24.3 Å². The summed E-state index contributed by atoms with van der Waals surface area (Å²) in [5, 5.41) is 29.8. The van der Waals surface area contributed by atoms with Crippen molar-refractivity contribution in [3.05, 3.63) is 71.0 Å². The monoisotopic (exact) mass is 440 g/mol. The highest BCUT2D eigenvalue weighted by molar-refractivity contribution is 6.23. The number of aliphatic hydroxyl groups is 1. The molecule has 0 radical (unpaired) electrons. The number of esters is 1. The van der Waals surface area contributed by atoms with Crippen LogP contribution in [0, 0.1) is 0 Å². The molecular formula is C24H24O8. The number of hydrogen-bond acceptors (Lipinski definition) is 8. The van der Waals surface area contributed by atoms with Crippen LogP contribution in [0.15, 0.2) is 59.9 Å². The normalized spacial score (nSPS) is 12.0. The molecule has 2 aromatic carbocycles. The summed E-state index contributed by atoms with van der Waals surface area (Å²) in [6.07, 6.45) is 5.13. The summed E-state index contributed by atoms with van der Waals surface area (Å²) in [7, 11) is 2.79. The number of carbonyl (C=O) groups is 2. The molecule has 0 amide bonds. The van der Waals surface area contributed by atoms with Crippen LogP contribution >= 0.6 is 0 Å². The first-order chi connectivity index (χ1) is 15.3. The summed E-state index contributed by atoms with van der Waals surface area (Å²) in [6.45, 7) is 1.59. The Bertz CT molecular complexity index is 1080. The van der Waals surface area contributed by atoms with E-state index in [9.17, 15) is 24.9 Å². The molecule has 0 unspecified atom stereocenters. The van der Waals surface area contributed by atoms with Gasteiger partial charge in [-0.25, -0.2) is 4.79 Å². The summed E-state index contributed by atoms with van der Waals surface area (Å²) >= 11 is 0. The number of allylic oxidation sites excluding steroid dienone is 2. The lowest BCUT2D eigenvalue weighted by Gasteiger charge is -2.06. The zero-order chi connectivity index (χ0) is 23.7. The number of ether oxygens (including phenoxy) is 3. The van der Waals surface area contributed by atoms with Crippen LogP contribution in [-0.2, 0) is 14.3 Å². The predicted octanol–water partition coefficient (Wildman–Crippen LogP) is 3.79. The smallest absolute Gasteiger partial charge is 0.345 e. The van der Waals surface area contributed by atoms with Gasteiger partial charge >= 0.3 is 5.97 Å². The van der Waals surface area contributed by atoms with E-state index < -0.39 is 23.1 Å². The molecule has 8 heteroatoms. The van der Waals surface area contributed by atoms with Crippen LogP contribution in [0.4, 0.5) is 0 Å². The van der Waals surface area contributed by atoms with E-state index in [2.05, 4.69) is 0 Å². The summed E-state index contributed by atoms with van der Waals surface area (Å²) in [6, 6.07) is 8.94. The molecule has 0 saturated heterocycles. The second kappa shape index (κ2) is 11.3. The summed E-state index contributed by atoms with van der Waals surface area (Å²) < 4.78 is 14.9. The topological polar surface area (TPSA) is 123 Å². The number of aliphatic hydroxyl groups excluding tert-OH is 1. The Hall–Kier alpha value is -4.20. The average molecular weight is 440 g/mol. The van der Waals surface area contributed by atoms with E-state index in [1.165, 1.54) is 56.7 Å². The van der Waals surface area contributed by atoms with Crippen LogP contribution in [0.1, 0.15) is 18.1 Å². The van der Waals surface area contributed by atoms with Crippen molar-refractivity contribution in [3.63, 3.8) is 0 Å². The Morgan fingerprint density at radius 2 is 1.38 bits per heavy atom. The average Bonchev–Trinajstić information content (AvgIpc) is 2.78. The molecule has 0 heterocycles. The van der Waals surface area contributed by atoms with E-state index in [1.807, 2.05) is 0 Å². The first-order valence-electron chi connectivity index (χ1n) is 9.55. The zero-order valence-electron chi connectivity index (χ0n) is 17.9. The highest BCUT2D eigenvalue weighted by Crippen LogP contribution is 2.28. The van der Waals surface area contributed by atoms with E-state index in [0.717, 1.165) is 6.08 Å². The van der Waals surface area contributed by atoms with Gasteiger partial charge in [0.25, 0.3) is 0 Å². The first kappa shape index (κ1) is 24.1. The molecule has 0 atom stereocenters. The second-order valence-corrected chi connectivity index (χ2v) is 6.37. The minimum absolute atomic E-state index is 0.0145. The fourth-order valence-corrected chi connectivity index (χ4v) is 2.64. The third kappa shape index (κ3) is 6.15. The second-order valence-electron chi connectivity index (χ2n) is 6.37. The molecule has 2 rings (SSSR count). The molecule has 2 aromatic rings. The minimum Gasteiger partial charge on any atom is -0.507 e. The van der Waals surface area contributed by atoms with Crippen LogP contribution in [0.5, 0.6) is 23.0 Å². The lowest BCUT2D eigenvalue weighted by atomic mass is 10.1. The molecule has 0 fully saturated rings. The van der Waals surface area contributed by atoms with Gasteiger partial charge in [-0.15, -0.1) is 0 Å². The van der Waals surface area contributed by atoms with Gasteiger partial charge in [0.15, 0.2) is 28.8 Å². The van der Waals surface area contributed by atoms with Crippen molar-refractivity contribution >= 4 is 23.9 Å². The molecule has 32 heavy (non-hydrogen) atoms. The summed E-state index contributed by atoms with van der Waals surface area (Å²) in [5.74, 6) is -2.01. The van der Waals surface area contributed by atoms with Crippen molar-refractivity contribution in [2.75, 3.05) is 20.8 Å². The maximum Gasteiger partial charge on any atom is 0.345 e. The van der Waals surface area contributed by atoms with Gasteiger partial charge in [-0.05, 0) is 54.5 Å². The van der Waals surface area contributed by atoms with Crippen LogP contribution in [0.25, 0.3) is 12.2 Å². The molecule has 0 saturated carbocycles. The third-order valence-electron chi connectivity index (χ3n) is 4.25. The number of carbonyl (C=O) groups excluding carboxylic acids is 2. The number of benzene rings is 2. The summed E-state index contributed by atoms with van der Waals surface area (Å²) in [4.78, 5) is 25.0. The first-order valence-corrected chi connectivity index (χ1v) is 9.55. The fraction of sp³-hybridized carbons (Fsp3) is 0.167. The number of phenolic OH excluding ortho intramolecular Hbond substituents is 2. The van der Waals surface area contributed by atoms with Gasteiger partial charge in [0.2, 0.25) is 0 Å². The molecule has 0 aliphatic heterocycles. The molecule has 3 N–H and O–H groups in total. The Kier molecular flexibility index (Phi) is 8.47. The molecule has 0 aliphatic carbocycles. The standard InChI is InChI=1S/C24H24O8/c1-4-32-24(29)23(19(27)11-7-15-5-9-17(25)21(13-15)30-2)20(28)12-8-16-6-10-18(26)22(14-16)31-3/h5-14,25-27H,4H2,1-3H3/b11-7+,12-8+,23-19?. The van der Waals surface area contributed by atoms with E-state index in [-0.39, 0.29) is 29.6 Å². The van der Waals surface area contributed by atoms with Crippen molar-refractivity contribution < 1.29 is 39.1 Å². The number of ketones is 1. The van der Waals surface area contributed by atoms with Gasteiger partial charge in [0.05, 0.1) is 20.8 Å². The van der Waals surface area contributed by atoms with Crippen molar-refractivity contribution in [3.8, 4) is 23.0 Å². The number of phenols is 2. The quantitative estimate of drug-likeness (QED) is 0.134. The van der Waals surface area contributed by atoms with Crippen molar-refractivity contribution in [2.45, 2.75) is 6.92 Å². The summed E-state index contributed by atoms with van der Waals surface area (Å²) in [5.41, 5.74) is 0.534. The van der Waals surface area contributed by atoms with Crippen LogP contribution in [-0.4, -0.2) is 47.9 Å². The highest BCUT2D eigenvalue weighted by Gasteiger charge is 2.22. The maximum absolute atomic E-state index is 12.7. The predicted molar refractivity (Wildman–Crippen MR) is 119 cm³/mol. The number of aromatic hydroxyl groups is 2. The molecule has 0 aromatic heterocycles.